The highest BCUT2D eigenvalue weighted by atomic mass is 16.5. The molecule has 0 aliphatic rings. The Morgan fingerprint density at radius 3 is 2.21 bits per heavy atom. The minimum Gasteiger partial charge on any atom is -0.481 e. The van der Waals surface area contributed by atoms with Crippen LogP contribution in [0.4, 0.5) is 0 Å². The predicted molar refractivity (Wildman–Crippen MR) is 53.1 cm³/mol. The number of aliphatic hydroxyl groups is 1. The molecule has 0 bridgehead atoms. The summed E-state index contributed by atoms with van der Waals surface area (Å²) >= 11 is 0. The van der Waals surface area contributed by atoms with E-state index in [1.807, 2.05) is 6.92 Å². The zero-order chi connectivity index (χ0) is 11.3. The zero-order valence-electron chi connectivity index (χ0n) is 9.23. The van der Waals surface area contributed by atoms with Crippen molar-refractivity contribution >= 4 is 5.97 Å². The summed E-state index contributed by atoms with van der Waals surface area (Å²) in [5.41, 5.74) is 0. The van der Waals surface area contributed by atoms with Crippen LogP contribution in [-0.4, -0.2) is 35.5 Å². The molecule has 84 valence electrons. The molecule has 0 amide bonds. The normalized spacial score (nSPS) is 19.8. The van der Waals surface area contributed by atoms with Gasteiger partial charge in [0.2, 0.25) is 0 Å². The molecule has 0 saturated carbocycles. The maximum absolute atomic E-state index is 10.7. The Balaban J connectivity index is 4.44. The van der Waals surface area contributed by atoms with Crippen molar-refractivity contribution in [3.63, 3.8) is 0 Å². The van der Waals surface area contributed by atoms with Gasteiger partial charge in [-0.25, -0.2) is 0 Å². The van der Waals surface area contributed by atoms with Crippen molar-refractivity contribution in [1.29, 1.82) is 0 Å². The number of rotatable bonds is 6. The summed E-state index contributed by atoms with van der Waals surface area (Å²) in [6.07, 6.45) is -0.447. The number of carboxylic acid groups (broad SMARTS) is 1. The first-order valence-electron chi connectivity index (χ1n) is 4.89. The average molecular weight is 204 g/mol. The van der Waals surface area contributed by atoms with Gasteiger partial charge < -0.3 is 14.9 Å². The van der Waals surface area contributed by atoms with E-state index in [0.29, 0.717) is 6.42 Å². The molecule has 0 radical (unpaired) electrons. The van der Waals surface area contributed by atoms with Crippen molar-refractivity contribution in [3.05, 3.63) is 0 Å². The fraction of sp³-hybridized carbons (Fsp3) is 0.900. The molecule has 0 fully saturated rings. The molecule has 0 aliphatic heterocycles. The maximum atomic E-state index is 10.7. The quantitative estimate of drug-likeness (QED) is 0.680. The third-order valence-electron chi connectivity index (χ3n) is 2.77. The third-order valence-corrected chi connectivity index (χ3v) is 2.77. The van der Waals surface area contributed by atoms with E-state index in [1.165, 1.54) is 7.11 Å². The molecule has 2 unspecified atom stereocenters. The molecule has 4 atom stereocenters. The van der Waals surface area contributed by atoms with E-state index >= 15 is 0 Å². The first-order chi connectivity index (χ1) is 6.45. The molecule has 0 aromatic rings. The van der Waals surface area contributed by atoms with Crippen LogP contribution in [-0.2, 0) is 9.53 Å². The number of carbonyl (C=O) groups is 1. The Labute approximate surface area is 84.9 Å². The molecule has 0 spiro atoms. The number of ether oxygens (including phenoxy) is 1. The molecule has 0 saturated heterocycles. The Morgan fingerprint density at radius 1 is 1.43 bits per heavy atom. The number of aliphatic carboxylic acids is 1. The molecule has 0 aromatic carbocycles. The van der Waals surface area contributed by atoms with Crippen molar-refractivity contribution < 1.29 is 19.7 Å². The average Bonchev–Trinajstić information content (AvgIpc) is 2.16. The van der Waals surface area contributed by atoms with Crippen molar-refractivity contribution in [3.8, 4) is 0 Å². The minimum atomic E-state index is -0.858. The molecule has 0 heterocycles. The number of aliphatic hydroxyl groups excluding tert-OH is 1. The van der Waals surface area contributed by atoms with E-state index < -0.39 is 24.1 Å². The largest absolute Gasteiger partial charge is 0.481 e. The van der Waals surface area contributed by atoms with Gasteiger partial charge in [-0.1, -0.05) is 20.8 Å². The van der Waals surface area contributed by atoms with Gasteiger partial charge in [0.15, 0.2) is 0 Å². The standard InChI is InChI=1S/C10H20O4/c1-5-8(11)9(14-4)6(2)7(3)10(12)13/h6-9,11H,5H2,1-4H3,(H,12,13)/t6-,7?,8?,9+/m1/s1. The van der Waals surface area contributed by atoms with E-state index in [9.17, 15) is 9.90 Å². The minimum absolute atomic E-state index is 0.201. The van der Waals surface area contributed by atoms with Gasteiger partial charge in [-0.2, -0.15) is 0 Å². The Hall–Kier alpha value is -0.610. The third kappa shape index (κ3) is 3.27. The highest BCUT2D eigenvalue weighted by Gasteiger charge is 2.31. The van der Waals surface area contributed by atoms with E-state index in [4.69, 9.17) is 9.84 Å². The van der Waals surface area contributed by atoms with Crippen LogP contribution in [0.5, 0.6) is 0 Å². The van der Waals surface area contributed by atoms with Crippen molar-refractivity contribution in [1.82, 2.24) is 0 Å². The van der Waals surface area contributed by atoms with E-state index in [0.717, 1.165) is 0 Å². The Morgan fingerprint density at radius 2 is 1.93 bits per heavy atom. The number of hydrogen-bond acceptors (Lipinski definition) is 3. The van der Waals surface area contributed by atoms with Gasteiger partial charge in [-0.15, -0.1) is 0 Å². The fourth-order valence-corrected chi connectivity index (χ4v) is 1.46. The molecule has 2 N–H and O–H groups in total. The number of methoxy groups -OCH3 is 1. The summed E-state index contributed by atoms with van der Waals surface area (Å²) in [5.74, 6) is -1.57. The first kappa shape index (κ1) is 13.4. The highest BCUT2D eigenvalue weighted by Crippen LogP contribution is 2.21. The van der Waals surface area contributed by atoms with Gasteiger partial charge in [0, 0.05) is 7.11 Å². The van der Waals surface area contributed by atoms with Crippen LogP contribution in [0.2, 0.25) is 0 Å². The smallest absolute Gasteiger partial charge is 0.306 e. The van der Waals surface area contributed by atoms with E-state index in [2.05, 4.69) is 0 Å². The first-order valence-corrected chi connectivity index (χ1v) is 4.89. The van der Waals surface area contributed by atoms with Crippen LogP contribution in [0, 0.1) is 11.8 Å². The second-order valence-electron chi connectivity index (χ2n) is 3.66. The fourth-order valence-electron chi connectivity index (χ4n) is 1.46. The molecule has 0 aliphatic carbocycles. The van der Waals surface area contributed by atoms with Crippen molar-refractivity contribution in [2.45, 2.75) is 39.4 Å². The van der Waals surface area contributed by atoms with Gasteiger partial charge in [0.05, 0.1) is 18.1 Å². The van der Waals surface area contributed by atoms with Crippen LogP contribution in [0.1, 0.15) is 27.2 Å². The molecule has 0 rings (SSSR count). The van der Waals surface area contributed by atoms with Gasteiger partial charge in [-0.3, -0.25) is 4.79 Å². The van der Waals surface area contributed by atoms with Crippen molar-refractivity contribution in [2.24, 2.45) is 11.8 Å². The summed E-state index contributed by atoms with van der Waals surface area (Å²) in [5, 5.41) is 18.4. The monoisotopic (exact) mass is 204 g/mol. The van der Waals surface area contributed by atoms with Gasteiger partial charge in [0.25, 0.3) is 0 Å². The summed E-state index contributed by atoms with van der Waals surface area (Å²) in [7, 11) is 1.49. The van der Waals surface area contributed by atoms with Crippen LogP contribution in [0.15, 0.2) is 0 Å². The van der Waals surface area contributed by atoms with E-state index in [-0.39, 0.29) is 5.92 Å². The number of hydrogen-bond donors (Lipinski definition) is 2. The maximum Gasteiger partial charge on any atom is 0.306 e. The van der Waals surface area contributed by atoms with Gasteiger partial charge in [-0.05, 0) is 12.3 Å². The molecule has 4 heteroatoms. The molecule has 14 heavy (non-hydrogen) atoms. The summed E-state index contributed by atoms with van der Waals surface area (Å²) in [6, 6.07) is 0. The van der Waals surface area contributed by atoms with E-state index in [1.54, 1.807) is 13.8 Å². The zero-order valence-corrected chi connectivity index (χ0v) is 9.23. The van der Waals surface area contributed by atoms with Gasteiger partial charge >= 0.3 is 5.97 Å². The second kappa shape index (κ2) is 5.98. The topological polar surface area (TPSA) is 66.8 Å². The van der Waals surface area contributed by atoms with Crippen molar-refractivity contribution in [2.75, 3.05) is 7.11 Å². The summed E-state index contributed by atoms with van der Waals surface area (Å²) in [4.78, 5) is 10.7. The molecular formula is C10H20O4. The lowest BCUT2D eigenvalue weighted by atomic mass is 9.87. The SMILES string of the molecule is CCC(O)[C@@H](OC)[C@H](C)C(C)C(=O)O. The van der Waals surface area contributed by atoms with Crippen LogP contribution in [0.25, 0.3) is 0 Å². The highest BCUT2D eigenvalue weighted by molar-refractivity contribution is 5.69. The molecule has 0 aromatic heterocycles. The Bertz CT molecular complexity index is 181. The van der Waals surface area contributed by atoms with Gasteiger partial charge in [0.1, 0.15) is 0 Å². The summed E-state index contributed by atoms with van der Waals surface area (Å²) in [6.45, 7) is 5.25. The van der Waals surface area contributed by atoms with Crippen LogP contribution >= 0.6 is 0 Å². The lowest BCUT2D eigenvalue weighted by Gasteiger charge is -2.29. The lowest BCUT2D eigenvalue weighted by Crippen LogP contribution is -2.38. The lowest BCUT2D eigenvalue weighted by molar-refractivity contribution is -0.146. The summed E-state index contributed by atoms with van der Waals surface area (Å²) < 4.78 is 5.12. The molecular weight excluding hydrogens is 184 g/mol. The van der Waals surface area contributed by atoms with Crippen LogP contribution in [0.3, 0.4) is 0 Å². The second-order valence-corrected chi connectivity index (χ2v) is 3.66. The predicted octanol–water partition coefficient (Wildman–Crippen LogP) is 1.13. The molecule has 4 nitrogen and oxygen atoms in total. The number of carboxylic acids is 1. The van der Waals surface area contributed by atoms with Crippen LogP contribution < -0.4 is 0 Å². The Kier molecular flexibility index (Phi) is 5.72.